The van der Waals surface area contributed by atoms with Crippen LogP contribution in [0.25, 0.3) is 0 Å². The molecule has 2 aromatic rings. The first-order chi connectivity index (χ1) is 14.0. The minimum Gasteiger partial charge on any atom is -0.472 e. The van der Waals surface area contributed by atoms with Gasteiger partial charge in [-0.3, -0.25) is 9.59 Å². The zero-order chi connectivity index (χ0) is 21.1. The number of aliphatic imine (C=N–C) groups is 1. The number of carbonyl (C=O) groups is 3. The molecule has 10 heteroatoms. The predicted molar refractivity (Wildman–Crippen MR) is 105 cm³/mol. The molecule has 1 heterocycles. The van der Waals surface area contributed by atoms with Gasteiger partial charge in [0.15, 0.2) is 0 Å². The van der Waals surface area contributed by atoms with E-state index >= 15 is 0 Å². The van der Waals surface area contributed by atoms with Crippen molar-refractivity contribution < 1.29 is 23.5 Å². The second kappa shape index (κ2) is 11.2. The fourth-order valence-electron chi connectivity index (χ4n) is 2.43. The van der Waals surface area contributed by atoms with Crippen LogP contribution in [0, 0.1) is 0 Å². The van der Waals surface area contributed by atoms with Crippen molar-refractivity contribution in [2.75, 3.05) is 13.2 Å². The SMILES string of the molecule is CCOC(=O)C(Cc1ccoc1)NC(=O)CNC(=O)c1cccc(N=CNN)c1. The number of esters is 1. The summed E-state index contributed by atoms with van der Waals surface area (Å²) in [7, 11) is 0. The second-order valence-corrected chi connectivity index (χ2v) is 5.87. The normalized spacial score (nSPS) is 11.7. The monoisotopic (exact) mass is 401 g/mol. The summed E-state index contributed by atoms with van der Waals surface area (Å²) in [4.78, 5) is 40.6. The van der Waals surface area contributed by atoms with E-state index in [4.69, 9.17) is 15.0 Å². The number of nitrogens with zero attached hydrogens (tertiary/aromatic N) is 1. The van der Waals surface area contributed by atoms with E-state index in [0.29, 0.717) is 11.3 Å². The third kappa shape index (κ3) is 7.11. The van der Waals surface area contributed by atoms with E-state index in [0.717, 1.165) is 5.56 Å². The lowest BCUT2D eigenvalue weighted by atomic mass is 10.1. The van der Waals surface area contributed by atoms with E-state index < -0.39 is 23.8 Å². The van der Waals surface area contributed by atoms with E-state index in [9.17, 15) is 14.4 Å². The molecule has 1 aromatic carbocycles. The minimum atomic E-state index is -0.890. The number of hydrazine groups is 1. The summed E-state index contributed by atoms with van der Waals surface area (Å²) in [6, 6.07) is 7.27. The Kier molecular flexibility index (Phi) is 8.39. The summed E-state index contributed by atoms with van der Waals surface area (Å²) >= 11 is 0. The van der Waals surface area contributed by atoms with Crippen molar-refractivity contribution >= 4 is 29.8 Å². The Labute approximate surface area is 167 Å². The molecule has 0 saturated carbocycles. The molecule has 10 nitrogen and oxygen atoms in total. The van der Waals surface area contributed by atoms with Gasteiger partial charge >= 0.3 is 5.97 Å². The molecule has 0 aliphatic rings. The van der Waals surface area contributed by atoms with Crippen molar-refractivity contribution in [2.45, 2.75) is 19.4 Å². The van der Waals surface area contributed by atoms with Crippen LogP contribution in [0.1, 0.15) is 22.8 Å². The molecule has 154 valence electrons. The zero-order valence-electron chi connectivity index (χ0n) is 15.9. The van der Waals surface area contributed by atoms with Gasteiger partial charge in [0.05, 0.1) is 31.4 Å². The van der Waals surface area contributed by atoms with Crippen molar-refractivity contribution in [3.63, 3.8) is 0 Å². The number of hydrogen-bond donors (Lipinski definition) is 4. The van der Waals surface area contributed by atoms with E-state index in [1.54, 1.807) is 37.3 Å². The highest BCUT2D eigenvalue weighted by Gasteiger charge is 2.23. The van der Waals surface area contributed by atoms with Crippen LogP contribution in [0.2, 0.25) is 0 Å². The molecule has 2 rings (SSSR count). The Hall–Kier alpha value is -3.66. The maximum Gasteiger partial charge on any atom is 0.328 e. The molecule has 0 radical (unpaired) electrons. The lowest BCUT2D eigenvalue weighted by Gasteiger charge is -2.17. The molecule has 0 bridgehead atoms. The largest absolute Gasteiger partial charge is 0.472 e. The molecule has 29 heavy (non-hydrogen) atoms. The standard InChI is InChI=1S/C19H23N5O5/c1-2-29-19(27)16(8-13-6-7-28-11-13)24-17(25)10-21-18(26)14-4-3-5-15(9-14)22-12-23-20/h3-7,9,11-12,16H,2,8,10,20H2,1H3,(H,21,26)(H,22,23)(H,24,25). The van der Waals surface area contributed by atoms with Crippen molar-refractivity contribution in [1.29, 1.82) is 0 Å². The molecule has 1 atom stereocenters. The quantitative estimate of drug-likeness (QED) is 0.148. The van der Waals surface area contributed by atoms with Crippen LogP contribution in [0.15, 0.2) is 52.3 Å². The number of carbonyl (C=O) groups excluding carboxylic acids is 3. The third-order valence-corrected chi connectivity index (χ3v) is 3.73. The molecule has 2 amide bonds. The number of rotatable bonds is 10. The Bertz CT molecular complexity index is 850. The van der Waals surface area contributed by atoms with Gasteiger partial charge in [-0.2, -0.15) is 0 Å². The van der Waals surface area contributed by atoms with Gasteiger partial charge in [-0.25, -0.2) is 15.6 Å². The Morgan fingerprint density at radius 1 is 1.31 bits per heavy atom. The average molecular weight is 401 g/mol. The van der Waals surface area contributed by atoms with Gasteiger partial charge in [-0.15, -0.1) is 0 Å². The van der Waals surface area contributed by atoms with Gasteiger partial charge in [-0.05, 0) is 36.8 Å². The molecule has 0 saturated heterocycles. The zero-order valence-corrected chi connectivity index (χ0v) is 15.9. The number of amides is 2. The summed E-state index contributed by atoms with van der Waals surface area (Å²) in [5, 5.41) is 5.07. The predicted octanol–water partition coefficient (Wildman–Crippen LogP) is 0.423. The first-order valence-electron chi connectivity index (χ1n) is 8.87. The van der Waals surface area contributed by atoms with E-state index in [-0.39, 0.29) is 19.6 Å². The van der Waals surface area contributed by atoms with Crippen molar-refractivity contribution in [2.24, 2.45) is 10.8 Å². The molecule has 1 aromatic heterocycles. The molecular formula is C19H23N5O5. The van der Waals surface area contributed by atoms with Crippen LogP contribution in [0.4, 0.5) is 5.69 Å². The molecule has 0 aliphatic carbocycles. The second-order valence-electron chi connectivity index (χ2n) is 5.87. The highest BCUT2D eigenvalue weighted by atomic mass is 16.5. The number of furan rings is 1. The number of nitrogens with two attached hydrogens (primary N) is 1. The first kappa shape index (κ1) is 21.6. The van der Waals surface area contributed by atoms with Gasteiger partial charge in [-0.1, -0.05) is 6.07 Å². The molecule has 0 aliphatic heterocycles. The van der Waals surface area contributed by atoms with Gasteiger partial charge in [0, 0.05) is 12.0 Å². The van der Waals surface area contributed by atoms with Crippen LogP contribution < -0.4 is 21.9 Å². The molecular weight excluding hydrogens is 378 g/mol. The topological polar surface area (TPSA) is 148 Å². The summed E-state index contributed by atoms with van der Waals surface area (Å²) in [5.74, 6) is 3.57. The van der Waals surface area contributed by atoms with Crippen LogP contribution in [0.3, 0.4) is 0 Å². The minimum absolute atomic E-state index is 0.186. The maximum atomic E-state index is 12.3. The average Bonchev–Trinajstić information content (AvgIpc) is 3.23. The summed E-state index contributed by atoms with van der Waals surface area (Å²) in [5.41, 5.74) is 3.84. The number of nitrogens with one attached hydrogen (secondary N) is 3. The van der Waals surface area contributed by atoms with Crippen LogP contribution in [0.5, 0.6) is 0 Å². The summed E-state index contributed by atoms with van der Waals surface area (Å²) in [6.07, 6.45) is 4.45. The van der Waals surface area contributed by atoms with Crippen molar-refractivity contribution in [1.82, 2.24) is 16.1 Å². The first-order valence-corrected chi connectivity index (χ1v) is 8.87. The van der Waals surface area contributed by atoms with Gasteiger partial charge in [0.1, 0.15) is 12.4 Å². The van der Waals surface area contributed by atoms with E-state index in [1.807, 2.05) is 0 Å². The van der Waals surface area contributed by atoms with Crippen LogP contribution in [-0.4, -0.2) is 43.3 Å². The van der Waals surface area contributed by atoms with E-state index in [2.05, 4.69) is 21.1 Å². The molecule has 1 unspecified atom stereocenters. The number of ether oxygens (including phenoxy) is 1. The third-order valence-electron chi connectivity index (χ3n) is 3.73. The Balaban J connectivity index is 1.93. The lowest BCUT2D eigenvalue weighted by molar-refractivity contribution is -0.147. The summed E-state index contributed by atoms with van der Waals surface area (Å²) < 4.78 is 9.97. The highest BCUT2D eigenvalue weighted by molar-refractivity contribution is 5.97. The Morgan fingerprint density at radius 3 is 2.83 bits per heavy atom. The van der Waals surface area contributed by atoms with Crippen LogP contribution >= 0.6 is 0 Å². The fourth-order valence-corrected chi connectivity index (χ4v) is 2.43. The molecule has 0 fully saturated rings. The number of benzene rings is 1. The molecule has 0 spiro atoms. The van der Waals surface area contributed by atoms with Gasteiger partial charge in [0.2, 0.25) is 5.91 Å². The maximum absolute atomic E-state index is 12.3. The lowest BCUT2D eigenvalue weighted by Crippen LogP contribution is -2.47. The number of hydrogen-bond acceptors (Lipinski definition) is 7. The fraction of sp³-hybridized carbons (Fsp3) is 0.263. The van der Waals surface area contributed by atoms with E-state index in [1.165, 1.54) is 18.9 Å². The van der Waals surface area contributed by atoms with Crippen molar-refractivity contribution in [3.05, 3.63) is 54.0 Å². The molecule has 5 N–H and O–H groups in total. The summed E-state index contributed by atoms with van der Waals surface area (Å²) in [6.45, 7) is 1.56. The van der Waals surface area contributed by atoms with Gasteiger partial charge in [0.25, 0.3) is 5.91 Å². The van der Waals surface area contributed by atoms with Crippen molar-refractivity contribution in [3.8, 4) is 0 Å². The van der Waals surface area contributed by atoms with Crippen LogP contribution in [-0.2, 0) is 20.7 Å². The smallest absolute Gasteiger partial charge is 0.328 e. The Morgan fingerprint density at radius 2 is 2.14 bits per heavy atom. The highest BCUT2D eigenvalue weighted by Crippen LogP contribution is 2.13. The van der Waals surface area contributed by atoms with Gasteiger partial charge < -0.3 is 25.2 Å².